The minimum atomic E-state index is -0.234. The average Bonchev–Trinajstić information content (AvgIpc) is 3.10. The van der Waals surface area contributed by atoms with Crippen molar-refractivity contribution in [2.24, 2.45) is 0 Å². The molecule has 3 rings (SSSR count). The van der Waals surface area contributed by atoms with Crippen LogP contribution in [0.15, 0.2) is 23.6 Å². The highest BCUT2D eigenvalue weighted by Crippen LogP contribution is 2.17. The van der Waals surface area contributed by atoms with Gasteiger partial charge in [-0.05, 0) is 44.7 Å². The van der Waals surface area contributed by atoms with Crippen LogP contribution in [-0.2, 0) is 11.3 Å². The zero-order valence-corrected chi connectivity index (χ0v) is 15.6. The van der Waals surface area contributed by atoms with Gasteiger partial charge in [-0.25, -0.2) is 0 Å². The van der Waals surface area contributed by atoms with Crippen LogP contribution in [-0.4, -0.2) is 51.7 Å². The number of thiophene rings is 1. The van der Waals surface area contributed by atoms with E-state index in [1.54, 1.807) is 11.3 Å². The molecular weight excluding hydrogens is 320 g/mol. The maximum Gasteiger partial charge on any atom is 0.247 e. The van der Waals surface area contributed by atoms with Crippen molar-refractivity contribution < 1.29 is 4.79 Å². The second kappa shape index (κ2) is 7.49. The molecule has 1 amide bonds. The summed E-state index contributed by atoms with van der Waals surface area (Å²) < 4.78 is 1.85. The SMILES string of the molecule is Cc1cc(C)n([C@@H](C)C(=O)N2CCCN(Cc3cccs3)CC2)n1. The van der Waals surface area contributed by atoms with Gasteiger partial charge >= 0.3 is 0 Å². The highest BCUT2D eigenvalue weighted by Gasteiger charge is 2.25. The molecule has 0 radical (unpaired) electrons. The molecule has 2 aromatic rings. The van der Waals surface area contributed by atoms with Gasteiger partial charge in [0.05, 0.1) is 5.69 Å². The predicted molar refractivity (Wildman–Crippen MR) is 97.2 cm³/mol. The summed E-state index contributed by atoms with van der Waals surface area (Å²) in [5.41, 5.74) is 2.01. The van der Waals surface area contributed by atoms with E-state index in [2.05, 4.69) is 27.5 Å². The van der Waals surface area contributed by atoms with Gasteiger partial charge in [0.1, 0.15) is 6.04 Å². The van der Waals surface area contributed by atoms with E-state index in [9.17, 15) is 4.79 Å². The molecular formula is C18H26N4OS. The van der Waals surface area contributed by atoms with Crippen LogP contribution < -0.4 is 0 Å². The van der Waals surface area contributed by atoms with Gasteiger partial charge in [0.15, 0.2) is 0 Å². The molecule has 0 spiro atoms. The average molecular weight is 347 g/mol. The van der Waals surface area contributed by atoms with E-state index in [1.165, 1.54) is 4.88 Å². The lowest BCUT2D eigenvalue weighted by Gasteiger charge is -2.25. The Morgan fingerprint density at radius 3 is 2.79 bits per heavy atom. The van der Waals surface area contributed by atoms with Crippen molar-refractivity contribution in [2.45, 2.75) is 39.8 Å². The lowest BCUT2D eigenvalue weighted by molar-refractivity contribution is -0.134. The number of carbonyl (C=O) groups is 1. The van der Waals surface area contributed by atoms with Gasteiger partial charge in [0, 0.05) is 43.3 Å². The van der Waals surface area contributed by atoms with Gasteiger partial charge in [0.25, 0.3) is 0 Å². The monoisotopic (exact) mass is 346 g/mol. The number of amides is 1. The van der Waals surface area contributed by atoms with Crippen LogP contribution in [0.1, 0.15) is 35.7 Å². The zero-order valence-electron chi connectivity index (χ0n) is 14.7. The number of rotatable bonds is 4. The van der Waals surface area contributed by atoms with Gasteiger partial charge in [-0.3, -0.25) is 14.4 Å². The lowest BCUT2D eigenvalue weighted by atomic mass is 10.2. The smallest absolute Gasteiger partial charge is 0.247 e. The molecule has 0 unspecified atom stereocenters. The molecule has 0 aromatic carbocycles. The second-order valence-electron chi connectivity index (χ2n) is 6.58. The maximum absolute atomic E-state index is 12.9. The van der Waals surface area contributed by atoms with E-state index < -0.39 is 0 Å². The van der Waals surface area contributed by atoms with Gasteiger partial charge in [-0.15, -0.1) is 11.3 Å². The first-order chi connectivity index (χ1) is 11.5. The van der Waals surface area contributed by atoms with Crippen LogP contribution in [0.3, 0.4) is 0 Å². The van der Waals surface area contributed by atoms with Crippen LogP contribution in [0, 0.1) is 13.8 Å². The summed E-state index contributed by atoms with van der Waals surface area (Å²) in [6, 6.07) is 6.07. The van der Waals surface area contributed by atoms with Crippen LogP contribution in [0.5, 0.6) is 0 Å². The first-order valence-corrected chi connectivity index (χ1v) is 9.49. The Labute approximate surface area is 147 Å². The normalized spacial score (nSPS) is 17.7. The topological polar surface area (TPSA) is 41.4 Å². The predicted octanol–water partition coefficient (Wildman–Crippen LogP) is 2.86. The number of carbonyl (C=O) groups excluding carboxylic acids is 1. The maximum atomic E-state index is 12.9. The van der Waals surface area contributed by atoms with E-state index in [0.29, 0.717) is 0 Å². The molecule has 0 aliphatic carbocycles. The second-order valence-corrected chi connectivity index (χ2v) is 7.61. The molecule has 1 aliphatic rings. The summed E-state index contributed by atoms with van der Waals surface area (Å²) in [6.45, 7) is 10.5. The first-order valence-electron chi connectivity index (χ1n) is 8.61. The molecule has 130 valence electrons. The van der Waals surface area contributed by atoms with Gasteiger partial charge in [-0.1, -0.05) is 6.07 Å². The fraction of sp³-hybridized carbons (Fsp3) is 0.556. The van der Waals surface area contributed by atoms with Crippen LogP contribution in [0.4, 0.5) is 0 Å². The summed E-state index contributed by atoms with van der Waals surface area (Å²) >= 11 is 1.80. The van der Waals surface area contributed by atoms with Crippen LogP contribution in [0.25, 0.3) is 0 Å². The Morgan fingerprint density at radius 1 is 1.29 bits per heavy atom. The third kappa shape index (κ3) is 3.87. The fourth-order valence-electron chi connectivity index (χ4n) is 3.38. The number of hydrogen-bond acceptors (Lipinski definition) is 4. The molecule has 0 saturated carbocycles. The third-order valence-corrected chi connectivity index (χ3v) is 5.49. The van der Waals surface area contributed by atoms with E-state index in [-0.39, 0.29) is 11.9 Å². The fourth-order valence-corrected chi connectivity index (χ4v) is 4.13. The van der Waals surface area contributed by atoms with Gasteiger partial charge < -0.3 is 4.90 Å². The van der Waals surface area contributed by atoms with Crippen molar-refractivity contribution in [2.75, 3.05) is 26.2 Å². The molecule has 3 heterocycles. The van der Waals surface area contributed by atoms with Crippen molar-refractivity contribution in [1.82, 2.24) is 19.6 Å². The highest BCUT2D eigenvalue weighted by atomic mass is 32.1. The van der Waals surface area contributed by atoms with Crippen molar-refractivity contribution in [3.05, 3.63) is 39.8 Å². The van der Waals surface area contributed by atoms with Crippen LogP contribution in [0.2, 0.25) is 0 Å². The van der Waals surface area contributed by atoms with Gasteiger partial charge in [-0.2, -0.15) is 5.10 Å². The Bertz CT molecular complexity index is 679. The number of nitrogens with zero attached hydrogens (tertiary/aromatic N) is 4. The molecule has 1 aliphatic heterocycles. The van der Waals surface area contributed by atoms with E-state index >= 15 is 0 Å². The third-order valence-electron chi connectivity index (χ3n) is 4.63. The quantitative estimate of drug-likeness (QED) is 0.855. The first kappa shape index (κ1) is 17.2. The number of aromatic nitrogens is 2. The zero-order chi connectivity index (χ0) is 17.1. The van der Waals surface area contributed by atoms with Gasteiger partial charge in [0.2, 0.25) is 5.91 Å². The number of aryl methyl sites for hydroxylation is 2. The van der Waals surface area contributed by atoms with E-state index in [0.717, 1.165) is 50.5 Å². The minimum Gasteiger partial charge on any atom is -0.340 e. The summed E-state index contributed by atoms with van der Waals surface area (Å²) in [5, 5.41) is 6.60. The molecule has 6 heteroatoms. The van der Waals surface area contributed by atoms with E-state index in [4.69, 9.17) is 0 Å². The molecule has 2 aromatic heterocycles. The summed E-state index contributed by atoms with van der Waals surface area (Å²) in [4.78, 5) is 18.7. The standard InChI is InChI=1S/C18H26N4OS/c1-14-12-15(2)22(19-14)16(3)18(23)21-8-5-7-20(9-10-21)13-17-6-4-11-24-17/h4,6,11-12,16H,5,7-10,13H2,1-3H3/t16-/m0/s1. The summed E-state index contributed by atoms with van der Waals surface area (Å²) in [6.07, 6.45) is 1.03. The van der Waals surface area contributed by atoms with Crippen LogP contribution >= 0.6 is 11.3 Å². The molecule has 0 N–H and O–H groups in total. The molecule has 1 atom stereocenters. The Kier molecular flexibility index (Phi) is 5.36. The lowest BCUT2D eigenvalue weighted by Crippen LogP contribution is -2.39. The molecule has 24 heavy (non-hydrogen) atoms. The van der Waals surface area contributed by atoms with Crippen molar-refractivity contribution >= 4 is 17.2 Å². The Balaban J connectivity index is 1.60. The molecule has 0 bridgehead atoms. The Morgan fingerprint density at radius 2 is 2.12 bits per heavy atom. The van der Waals surface area contributed by atoms with E-state index in [1.807, 2.05) is 36.4 Å². The van der Waals surface area contributed by atoms with Crippen molar-refractivity contribution in [3.63, 3.8) is 0 Å². The largest absolute Gasteiger partial charge is 0.340 e. The van der Waals surface area contributed by atoms with Crippen molar-refractivity contribution in [1.29, 1.82) is 0 Å². The minimum absolute atomic E-state index is 0.180. The summed E-state index contributed by atoms with van der Waals surface area (Å²) in [5.74, 6) is 0.180. The summed E-state index contributed by atoms with van der Waals surface area (Å²) in [7, 11) is 0. The number of hydrogen-bond donors (Lipinski definition) is 0. The molecule has 1 saturated heterocycles. The molecule has 5 nitrogen and oxygen atoms in total. The van der Waals surface area contributed by atoms with Crippen molar-refractivity contribution in [3.8, 4) is 0 Å². The highest BCUT2D eigenvalue weighted by molar-refractivity contribution is 7.09. The molecule has 1 fully saturated rings. The Hall–Kier alpha value is -1.66.